The molecule has 1 amide bonds. The molecule has 2 aliphatic rings. The van der Waals surface area contributed by atoms with Crippen molar-refractivity contribution in [3.8, 4) is 0 Å². The quantitative estimate of drug-likeness (QED) is 0.732. The Bertz CT molecular complexity index is 712. The molecule has 0 unspecified atom stereocenters. The summed E-state index contributed by atoms with van der Waals surface area (Å²) in [5.74, 6) is 0.00807. The molecule has 2 fully saturated rings. The van der Waals surface area contributed by atoms with Crippen LogP contribution in [0.2, 0.25) is 0 Å². The number of rotatable bonds is 6. The average Bonchev–Trinajstić information content (AvgIpc) is 3.16. The van der Waals surface area contributed by atoms with Crippen LogP contribution in [-0.2, 0) is 19.6 Å². The van der Waals surface area contributed by atoms with E-state index < -0.39 is 10.0 Å². The third-order valence-corrected chi connectivity index (χ3v) is 7.62. The van der Waals surface area contributed by atoms with Gasteiger partial charge in [-0.25, -0.2) is 13.4 Å². The number of pyridine rings is 1. The zero-order chi connectivity index (χ0) is 18.6. The van der Waals surface area contributed by atoms with Crippen molar-refractivity contribution in [1.29, 1.82) is 0 Å². The van der Waals surface area contributed by atoms with Gasteiger partial charge in [0.1, 0.15) is 4.90 Å². The largest absolute Gasteiger partial charge is 0.379 e. The summed E-state index contributed by atoms with van der Waals surface area (Å²) in [6, 6.07) is 3.51. The van der Waals surface area contributed by atoms with E-state index >= 15 is 0 Å². The van der Waals surface area contributed by atoms with Crippen molar-refractivity contribution < 1.29 is 17.9 Å². The first-order valence-electron chi connectivity index (χ1n) is 8.98. The highest BCUT2D eigenvalue weighted by Crippen LogP contribution is 2.25. The Morgan fingerprint density at radius 1 is 1.31 bits per heavy atom. The number of hydrogen-bond acceptors (Lipinski definition) is 6. The molecule has 1 aromatic heterocycles. The van der Waals surface area contributed by atoms with Crippen LogP contribution in [0.15, 0.2) is 28.3 Å². The monoisotopic (exact) mass is 399 g/mol. The van der Waals surface area contributed by atoms with Crippen LogP contribution in [-0.4, -0.2) is 61.2 Å². The third-order valence-electron chi connectivity index (χ3n) is 4.69. The number of carbonyl (C=O) groups excluding carboxylic acids is 1. The summed E-state index contributed by atoms with van der Waals surface area (Å²) in [4.78, 5) is 16.7. The SMILES string of the molecule is C[C@H](Sc1ccc(S(=O)(=O)N2CCOCC2)cn1)C(=O)NC1CCCC1. The number of amides is 1. The van der Waals surface area contributed by atoms with Crippen LogP contribution < -0.4 is 5.32 Å². The van der Waals surface area contributed by atoms with Crippen molar-refractivity contribution in [1.82, 2.24) is 14.6 Å². The Labute approximate surface area is 158 Å². The van der Waals surface area contributed by atoms with Crippen molar-refractivity contribution in [2.24, 2.45) is 0 Å². The van der Waals surface area contributed by atoms with Crippen LogP contribution in [0.4, 0.5) is 0 Å². The van der Waals surface area contributed by atoms with E-state index in [0.717, 1.165) is 12.8 Å². The molecule has 1 saturated carbocycles. The fourth-order valence-corrected chi connectivity index (χ4v) is 5.30. The predicted octanol–water partition coefficient (Wildman–Crippen LogP) is 1.64. The minimum atomic E-state index is -3.54. The van der Waals surface area contributed by atoms with Gasteiger partial charge >= 0.3 is 0 Å². The second-order valence-electron chi connectivity index (χ2n) is 6.60. The van der Waals surface area contributed by atoms with Gasteiger partial charge in [0.15, 0.2) is 0 Å². The summed E-state index contributed by atoms with van der Waals surface area (Å²) < 4.78 is 31.8. The van der Waals surface area contributed by atoms with Crippen LogP contribution >= 0.6 is 11.8 Å². The van der Waals surface area contributed by atoms with Crippen molar-refractivity contribution in [2.45, 2.75) is 53.8 Å². The lowest BCUT2D eigenvalue weighted by atomic mass is 10.2. The number of aromatic nitrogens is 1. The lowest BCUT2D eigenvalue weighted by Crippen LogP contribution is -2.40. The molecular formula is C17H25N3O4S2. The summed E-state index contributed by atoms with van der Waals surface area (Å²) in [7, 11) is -3.54. The topological polar surface area (TPSA) is 88.6 Å². The molecule has 0 spiro atoms. The Balaban J connectivity index is 1.59. The van der Waals surface area contributed by atoms with Crippen LogP contribution in [0.1, 0.15) is 32.6 Å². The van der Waals surface area contributed by atoms with Gasteiger partial charge in [0, 0.05) is 25.3 Å². The van der Waals surface area contributed by atoms with Crippen molar-refractivity contribution >= 4 is 27.7 Å². The van der Waals surface area contributed by atoms with Gasteiger partial charge in [-0.1, -0.05) is 24.6 Å². The van der Waals surface area contributed by atoms with Crippen molar-refractivity contribution in [3.63, 3.8) is 0 Å². The van der Waals surface area contributed by atoms with Crippen molar-refractivity contribution in [3.05, 3.63) is 18.3 Å². The van der Waals surface area contributed by atoms with E-state index in [2.05, 4.69) is 10.3 Å². The summed E-state index contributed by atoms with van der Waals surface area (Å²) in [6.45, 7) is 3.38. The van der Waals surface area contributed by atoms with Crippen LogP contribution in [0.5, 0.6) is 0 Å². The lowest BCUT2D eigenvalue weighted by Gasteiger charge is -2.25. The summed E-state index contributed by atoms with van der Waals surface area (Å²) in [5.41, 5.74) is 0. The average molecular weight is 400 g/mol. The normalized spacial score (nSPS) is 20.8. The predicted molar refractivity (Wildman–Crippen MR) is 99.5 cm³/mol. The maximum Gasteiger partial charge on any atom is 0.244 e. The van der Waals surface area contributed by atoms with E-state index in [9.17, 15) is 13.2 Å². The molecule has 1 aliphatic heterocycles. The Morgan fingerprint density at radius 3 is 2.62 bits per heavy atom. The number of carbonyl (C=O) groups is 1. The molecule has 0 radical (unpaired) electrons. The molecule has 7 nitrogen and oxygen atoms in total. The molecule has 1 N–H and O–H groups in total. The molecule has 0 bridgehead atoms. The first-order valence-corrected chi connectivity index (χ1v) is 11.3. The highest BCUT2D eigenvalue weighted by molar-refractivity contribution is 8.00. The molecule has 0 aromatic carbocycles. The lowest BCUT2D eigenvalue weighted by molar-refractivity contribution is -0.120. The van der Waals surface area contributed by atoms with Crippen molar-refractivity contribution in [2.75, 3.05) is 26.3 Å². The second kappa shape index (κ2) is 8.69. The molecule has 1 atom stereocenters. The minimum absolute atomic E-state index is 0.00807. The Morgan fingerprint density at radius 2 is 2.00 bits per heavy atom. The van der Waals surface area contributed by atoms with Gasteiger partial charge in [-0.05, 0) is 31.9 Å². The molecular weight excluding hydrogens is 374 g/mol. The molecule has 2 heterocycles. The molecule has 1 saturated heterocycles. The highest BCUT2D eigenvalue weighted by atomic mass is 32.2. The second-order valence-corrected chi connectivity index (χ2v) is 9.90. The number of nitrogens with one attached hydrogen (secondary N) is 1. The minimum Gasteiger partial charge on any atom is -0.379 e. The summed E-state index contributed by atoms with van der Waals surface area (Å²) in [6.07, 6.45) is 5.82. The molecule has 1 aromatic rings. The first kappa shape index (κ1) is 19.6. The van der Waals surface area contributed by atoms with Gasteiger partial charge in [-0.3, -0.25) is 4.79 Å². The third kappa shape index (κ3) is 4.76. The van der Waals surface area contributed by atoms with Gasteiger partial charge in [-0.15, -0.1) is 0 Å². The number of hydrogen-bond donors (Lipinski definition) is 1. The van der Waals surface area contributed by atoms with E-state index in [-0.39, 0.29) is 16.1 Å². The maximum absolute atomic E-state index is 12.6. The summed E-state index contributed by atoms with van der Waals surface area (Å²) in [5, 5.41) is 3.44. The zero-order valence-corrected chi connectivity index (χ0v) is 16.5. The molecule has 3 rings (SSSR count). The van der Waals surface area contributed by atoms with Gasteiger partial charge < -0.3 is 10.1 Å². The number of morpholine rings is 1. The van der Waals surface area contributed by atoms with Crippen LogP contribution in [0, 0.1) is 0 Å². The van der Waals surface area contributed by atoms with Gasteiger partial charge in [0.2, 0.25) is 15.9 Å². The van der Waals surface area contributed by atoms with E-state index in [0.29, 0.717) is 37.4 Å². The molecule has 9 heteroatoms. The van der Waals surface area contributed by atoms with Crippen LogP contribution in [0.3, 0.4) is 0 Å². The molecule has 144 valence electrons. The van der Waals surface area contributed by atoms with Gasteiger partial charge in [0.05, 0.1) is 23.5 Å². The Kier molecular flexibility index (Phi) is 6.55. The highest BCUT2D eigenvalue weighted by Gasteiger charge is 2.27. The van der Waals surface area contributed by atoms with E-state index in [4.69, 9.17) is 4.74 Å². The number of thioether (sulfide) groups is 1. The summed E-state index contributed by atoms with van der Waals surface area (Å²) >= 11 is 1.34. The van der Waals surface area contributed by atoms with E-state index in [1.54, 1.807) is 12.1 Å². The van der Waals surface area contributed by atoms with E-state index in [1.807, 2.05) is 6.92 Å². The molecule has 26 heavy (non-hydrogen) atoms. The number of sulfonamides is 1. The van der Waals surface area contributed by atoms with E-state index in [1.165, 1.54) is 35.1 Å². The fraction of sp³-hybridized carbons (Fsp3) is 0.647. The zero-order valence-electron chi connectivity index (χ0n) is 14.9. The van der Waals surface area contributed by atoms with Crippen LogP contribution in [0.25, 0.3) is 0 Å². The fourth-order valence-electron chi connectivity index (χ4n) is 3.15. The number of nitrogens with zero attached hydrogens (tertiary/aromatic N) is 2. The smallest absolute Gasteiger partial charge is 0.244 e. The maximum atomic E-state index is 12.6. The van der Waals surface area contributed by atoms with Gasteiger partial charge in [0.25, 0.3) is 0 Å². The number of ether oxygens (including phenoxy) is 1. The Hall–Kier alpha value is -1.16. The standard InChI is InChI=1S/C17H25N3O4S2/c1-13(17(21)19-14-4-2-3-5-14)25-16-7-6-15(12-18-16)26(22,23)20-8-10-24-11-9-20/h6-7,12-14H,2-5,8-11H2,1H3,(H,19,21)/t13-/m0/s1. The first-order chi connectivity index (χ1) is 12.5. The molecule has 1 aliphatic carbocycles. The van der Waals surface area contributed by atoms with Gasteiger partial charge in [-0.2, -0.15) is 4.31 Å².